The van der Waals surface area contributed by atoms with E-state index >= 15 is 0 Å². The third-order valence-corrected chi connectivity index (χ3v) is 4.68. The highest BCUT2D eigenvalue weighted by Crippen LogP contribution is 2.13. The number of carbonyl (C=O) groups excluding carboxylic acids is 1. The minimum atomic E-state index is -0.122. The van der Waals surface area contributed by atoms with Gasteiger partial charge in [-0.05, 0) is 43.7 Å². The minimum Gasteiger partial charge on any atom is -0.336 e. The second-order valence-electron chi connectivity index (χ2n) is 6.92. The van der Waals surface area contributed by atoms with Gasteiger partial charge in [-0.1, -0.05) is 24.3 Å². The smallest absolute Gasteiger partial charge is 0.224 e. The van der Waals surface area contributed by atoms with Crippen LogP contribution in [0.5, 0.6) is 0 Å². The van der Waals surface area contributed by atoms with E-state index in [9.17, 15) is 9.59 Å². The molecule has 0 fully saturated rings. The van der Waals surface area contributed by atoms with Crippen LogP contribution in [0.25, 0.3) is 10.9 Å². The summed E-state index contributed by atoms with van der Waals surface area (Å²) in [5.74, 6) is 0.0175. The van der Waals surface area contributed by atoms with Gasteiger partial charge in [-0.25, -0.2) is 0 Å². The molecule has 0 aliphatic heterocycles. The van der Waals surface area contributed by atoms with Crippen molar-refractivity contribution in [1.29, 1.82) is 5.26 Å². The molecule has 0 bridgehead atoms. The summed E-state index contributed by atoms with van der Waals surface area (Å²) < 4.78 is 1.70. The molecule has 0 saturated heterocycles. The molecular formula is C22H22N4O2. The van der Waals surface area contributed by atoms with Gasteiger partial charge >= 0.3 is 0 Å². The molecule has 1 aromatic heterocycles. The van der Waals surface area contributed by atoms with E-state index in [-0.39, 0.29) is 23.8 Å². The minimum absolute atomic E-state index is 0.0175. The lowest BCUT2D eigenvalue weighted by atomic mass is 10.1. The van der Waals surface area contributed by atoms with E-state index < -0.39 is 0 Å². The Hall–Kier alpha value is -3.46. The fraction of sp³-hybridized carbons (Fsp3) is 0.273. The Kier molecular flexibility index (Phi) is 5.85. The summed E-state index contributed by atoms with van der Waals surface area (Å²) in [5, 5.41) is 13.7. The molecule has 0 atom stereocenters. The normalized spacial score (nSPS) is 10.8. The zero-order chi connectivity index (χ0) is 20.1. The lowest BCUT2D eigenvalue weighted by Gasteiger charge is -2.27. The first-order valence-electron chi connectivity index (χ1n) is 9.23. The number of hydrogen-bond donors (Lipinski definition) is 0. The topological polar surface area (TPSA) is 79.0 Å². The van der Waals surface area contributed by atoms with E-state index in [0.29, 0.717) is 24.0 Å². The first kappa shape index (κ1) is 19.3. The number of carbonyl (C=O) groups is 1. The van der Waals surface area contributed by atoms with Crippen LogP contribution in [0.3, 0.4) is 0 Å². The van der Waals surface area contributed by atoms with Gasteiger partial charge in [-0.2, -0.15) is 10.4 Å². The summed E-state index contributed by atoms with van der Waals surface area (Å²) >= 11 is 0. The number of aromatic nitrogens is 2. The predicted octanol–water partition coefficient (Wildman–Crippen LogP) is 3.10. The fourth-order valence-electron chi connectivity index (χ4n) is 3.12. The Morgan fingerprint density at radius 3 is 2.57 bits per heavy atom. The number of para-hydroxylation sites is 1. The average Bonchev–Trinajstić information content (AvgIpc) is 2.71. The van der Waals surface area contributed by atoms with Crippen LogP contribution in [0.1, 0.15) is 31.4 Å². The molecule has 1 amide bonds. The van der Waals surface area contributed by atoms with Gasteiger partial charge in [0.25, 0.3) is 0 Å². The fourth-order valence-corrected chi connectivity index (χ4v) is 3.12. The summed E-state index contributed by atoms with van der Waals surface area (Å²) in [7, 11) is 0. The summed E-state index contributed by atoms with van der Waals surface area (Å²) in [6.07, 6.45) is 1.58. The lowest BCUT2D eigenvalue weighted by molar-refractivity contribution is -0.133. The number of nitriles is 1. The van der Waals surface area contributed by atoms with Crippen LogP contribution >= 0.6 is 0 Å². The lowest BCUT2D eigenvalue weighted by Crippen LogP contribution is -2.37. The number of fused-ring (bicyclic) bond motifs is 1. The van der Waals surface area contributed by atoms with Crippen molar-refractivity contribution in [1.82, 2.24) is 14.7 Å². The van der Waals surface area contributed by atoms with E-state index in [0.717, 1.165) is 11.1 Å². The van der Waals surface area contributed by atoms with Crippen molar-refractivity contribution in [2.75, 3.05) is 0 Å². The third kappa shape index (κ3) is 4.26. The van der Waals surface area contributed by atoms with Gasteiger partial charge in [0, 0.05) is 24.4 Å². The Morgan fingerprint density at radius 2 is 1.89 bits per heavy atom. The largest absolute Gasteiger partial charge is 0.336 e. The number of amides is 1. The maximum absolute atomic E-state index is 12.9. The quantitative estimate of drug-likeness (QED) is 0.664. The van der Waals surface area contributed by atoms with Gasteiger partial charge in [0.1, 0.15) is 0 Å². The number of benzene rings is 2. The molecular weight excluding hydrogens is 352 g/mol. The molecule has 0 unspecified atom stereocenters. The predicted molar refractivity (Wildman–Crippen MR) is 107 cm³/mol. The maximum atomic E-state index is 12.9. The average molecular weight is 374 g/mol. The molecule has 1 heterocycles. The molecule has 0 spiro atoms. The standard InChI is InChI=1S/C22H22N4O2/c1-16(2)25(15-18-9-7-17(13-23)8-10-18)22(28)11-12-26-20-6-4-3-5-19(20)21(27)14-24-26/h3-10,14,16H,11-12,15H2,1-2H3. The molecule has 0 saturated carbocycles. The van der Waals surface area contributed by atoms with Crippen LogP contribution in [-0.4, -0.2) is 26.6 Å². The Balaban J connectivity index is 1.74. The molecule has 2 aromatic carbocycles. The van der Waals surface area contributed by atoms with E-state index in [1.165, 1.54) is 6.20 Å². The van der Waals surface area contributed by atoms with Crippen LogP contribution in [-0.2, 0) is 17.9 Å². The van der Waals surface area contributed by atoms with E-state index in [1.807, 2.05) is 49.1 Å². The third-order valence-electron chi connectivity index (χ3n) is 4.68. The summed E-state index contributed by atoms with van der Waals surface area (Å²) in [4.78, 5) is 26.6. The Morgan fingerprint density at radius 1 is 1.18 bits per heavy atom. The first-order chi connectivity index (χ1) is 13.5. The van der Waals surface area contributed by atoms with Crippen LogP contribution in [0, 0.1) is 11.3 Å². The van der Waals surface area contributed by atoms with Crippen LogP contribution in [0.15, 0.2) is 59.5 Å². The summed E-state index contributed by atoms with van der Waals surface area (Å²) in [6, 6.07) is 16.7. The Labute approximate surface area is 163 Å². The monoisotopic (exact) mass is 374 g/mol. The van der Waals surface area contributed by atoms with Gasteiger partial charge in [0.2, 0.25) is 11.3 Å². The van der Waals surface area contributed by atoms with Gasteiger partial charge < -0.3 is 4.90 Å². The second kappa shape index (κ2) is 8.49. The van der Waals surface area contributed by atoms with Crippen LogP contribution in [0.2, 0.25) is 0 Å². The highest BCUT2D eigenvalue weighted by Gasteiger charge is 2.18. The zero-order valence-corrected chi connectivity index (χ0v) is 16.0. The molecule has 3 aromatic rings. The molecule has 0 radical (unpaired) electrons. The second-order valence-corrected chi connectivity index (χ2v) is 6.92. The van der Waals surface area contributed by atoms with Gasteiger partial charge in [0.15, 0.2) is 0 Å². The molecule has 0 N–H and O–H groups in total. The SMILES string of the molecule is CC(C)N(Cc1ccc(C#N)cc1)C(=O)CCn1ncc(=O)c2ccccc21. The number of hydrogen-bond acceptors (Lipinski definition) is 4. The molecule has 6 nitrogen and oxygen atoms in total. The molecule has 28 heavy (non-hydrogen) atoms. The van der Waals surface area contributed by atoms with Gasteiger partial charge in [-0.15, -0.1) is 0 Å². The molecule has 142 valence electrons. The van der Waals surface area contributed by atoms with Gasteiger partial charge in [-0.3, -0.25) is 14.3 Å². The highest BCUT2D eigenvalue weighted by atomic mass is 16.2. The van der Waals surface area contributed by atoms with E-state index in [2.05, 4.69) is 11.2 Å². The van der Waals surface area contributed by atoms with Crippen molar-refractivity contribution >= 4 is 16.8 Å². The van der Waals surface area contributed by atoms with Crippen molar-refractivity contribution in [3.05, 3.63) is 76.1 Å². The number of rotatable bonds is 6. The maximum Gasteiger partial charge on any atom is 0.224 e. The van der Waals surface area contributed by atoms with Crippen molar-refractivity contribution in [3.8, 4) is 6.07 Å². The van der Waals surface area contributed by atoms with Crippen molar-refractivity contribution in [3.63, 3.8) is 0 Å². The Bertz CT molecular complexity index is 1080. The summed E-state index contributed by atoms with van der Waals surface area (Å²) in [5.41, 5.74) is 2.18. The first-order valence-corrected chi connectivity index (χ1v) is 9.23. The van der Waals surface area contributed by atoms with Crippen molar-refractivity contribution in [2.45, 2.75) is 39.4 Å². The van der Waals surface area contributed by atoms with Crippen LogP contribution in [0.4, 0.5) is 0 Å². The molecule has 3 rings (SSSR count). The zero-order valence-electron chi connectivity index (χ0n) is 16.0. The number of aryl methyl sites for hydroxylation is 1. The van der Waals surface area contributed by atoms with Crippen LogP contribution < -0.4 is 5.43 Å². The summed E-state index contributed by atoms with van der Waals surface area (Å²) in [6.45, 7) is 4.85. The van der Waals surface area contributed by atoms with E-state index in [1.54, 1.807) is 22.9 Å². The van der Waals surface area contributed by atoms with Crippen molar-refractivity contribution < 1.29 is 4.79 Å². The molecule has 0 aliphatic carbocycles. The molecule has 6 heteroatoms. The van der Waals surface area contributed by atoms with E-state index in [4.69, 9.17) is 5.26 Å². The highest BCUT2D eigenvalue weighted by molar-refractivity contribution is 5.79. The number of nitrogens with zero attached hydrogens (tertiary/aromatic N) is 4. The molecule has 0 aliphatic rings. The van der Waals surface area contributed by atoms with Crippen molar-refractivity contribution in [2.24, 2.45) is 0 Å². The van der Waals surface area contributed by atoms with Gasteiger partial charge in [0.05, 0.1) is 29.9 Å².